The molecule has 0 amide bonds. The van der Waals surface area contributed by atoms with Crippen molar-refractivity contribution in [3.05, 3.63) is 196 Å². The summed E-state index contributed by atoms with van der Waals surface area (Å²) in [7, 11) is 3.30. The Kier molecular flexibility index (Phi) is 34.4. The molecule has 0 fully saturated rings. The maximum Gasteiger partial charge on any atom is 0.305 e. The van der Waals surface area contributed by atoms with Gasteiger partial charge in [0.05, 0.1) is 41.9 Å². The van der Waals surface area contributed by atoms with Gasteiger partial charge in [-0.25, -0.2) is 19.1 Å². The first kappa shape index (κ1) is 99.3. The zero-order valence-electron chi connectivity index (χ0n) is 78.2. The zero-order chi connectivity index (χ0) is 89.8. The number of unbranched alkanes of at least 4 members (excludes halogenated alkanes) is 8. The van der Waals surface area contributed by atoms with Gasteiger partial charge < -0.3 is 48.7 Å². The molecule has 0 saturated carbocycles. The first-order chi connectivity index (χ1) is 61.1. The number of hydrogen-bond donors (Lipinski definition) is 1. The van der Waals surface area contributed by atoms with E-state index in [0.29, 0.717) is 39.1 Å². The van der Waals surface area contributed by atoms with Crippen LogP contribution in [-0.4, -0.2) is 180 Å². The predicted octanol–water partition coefficient (Wildman–Crippen LogP) is 15.0. The average Bonchev–Trinajstić information content (AvgIpc) is 1.72. The lowest BCUT2D eigenvalue weighted by Gasteiger charge is -2.30. The van der Waals surface area contributed by atoms with E-state index in [1.807, 2.05) is 20.8 Å². The van der Waals surface area contributed by atoms with Crippen molar-refractivity contribution in [2.75, 3.05) is 156 Å². The molecule has 0 aliphatic carbocycles. The van der Waals surface area contributed by atoms with E-state index in [1.54, 1.807) is 0 Å². The van der Waals surface area contributed by atoms with Gasteiger partial charge in [0.1, 0.15) is 51.4 Å². The molecule has 18 nitrogen and oxygen atoms in total. The summed E-state index contributed by atoms with van der Waals surface area (Å²) in [4.78, 5) is 70.1. The van der Waals surface area contributed by atoms with Gasteiger partial charge in [0.15, 0.2) is 0 Å². The quantitative estimate of drug-likeness (QED) is 0.0155. The standard InChI is InChI=1S/C27H36N3O2Si.C27H38N2O2Si.C25H31N3O2Si.C16H22BrNO2.C9H10BrN.2CH4/c1-5-32-27(31)9-7-6-8-12-30-14-11-20-16-22-26(18-24(20)30)33(3,4)25-17-23-19(10-13-29(23)2)15-21(25)28-22;1-5-31-27(30)9-7-6-8-16-29-18-15-22-11-13-24(20-26(22)29)32(3,4)23-12-10-21-14-17-28(2)25(21)19-23;1-27-11-8-17-13-19-23(15-21(17)27)31(2,3)24-16-22-18(14-20(24)26-19)9-12-28(22)10-6-4-5-7-25(29)30;1-2-20-16(19)6-4-3-5-10-18-11-9-13-7-8-14(17)12-15(13)18;1-11-5-4-7-2-3-8(10)6-9(7)11;;/h15-18H,5-14H2,1-4H3;10-13,19-20H,5-9,14-18H2,1-4H3;13-16H,4-12H2,1-3H3;7-8,12H,2-6,9-11H2,1H3;2-3,6H,4-5H2,1H3;2*1H4/q+1;;;;;;/p+1. The Morgan fingerprint density at radius 2 is 0.713 bits per heavy atom. The van der Waals surface area contributed by atoms with Crippen LogP contribution in [0.1, 0.15) is 183 Å². The van der Waals surface area contributed by atoms with E-state index in [0.717, 1.165) is 199 Å². The highest BCUT2D eigenvalue weighted by Crippen LogP contribution is 2.38. The summed E-state index contributed by atoms with van der Waals surface area (Å²) in [5.41, 5.74) is 22.4. The lowest BCUT2D eigenvalue weighted by molar-refractivity contribution is -0.144. The van der Waals surface area contributed by atoms with Crippen molar-refractivity contribution in [1.29, 1.82) is 0 Å². The van der Waals surface area contributed by atoms with E-state index in [2.05, 4.69) is 259 Å². The molecule has 0 unspecified atom stereocenters. The predicted molar refractivity (Wildman–Crippen MR) is 552 cm³/mol. The number of likely N-dealkylation sites (N-methyl/N-ethyl adjacent to an activating group) is 4. The second-order valence-electron chi connectivity index (χ2n) is 38.0. The van der Waals surface area contributed by atoms with E-state index in [4.69, 9.17) is 29.3 Å². The van der Waals surface area contributed by atoms with E-state index in [9.17, 15) is 19.2 Å². The highest BCUT2D eigenvalue weighted by atomic mass is 79.9. The molecule has 0 spiro atoms. The van der Waals surface area contributed by atoms with Gasteiger partial charge in [-0.3, -0.25) is 19.2 Å². The van der Waals surface area contributed by atoms with Crippen molar-refractivity contribution in [2.24, 2.45) is 9.98 Å². The number of halogens is 2. The molecule has 129 heavy (non-hydrogen) atoms. The Labute approximate surface area is 789 Å². The van der Waals surface area contributed by atoms with Crippen molar-refractivity contribution in [2.45, 2.75) is 229 Å². The fraction of sp³-hybridized carbons (Fsp3) is 0.509. The number of aliphatic carboxylic acids is 1. The molecule has 8 aromatic carbocycles. The molecule has 8 aromatic rings. The van der Waals surface area contributed by atoms with Crippen LogP contribution in [0, 0.1) is 0 Å². The van der Waals surface area contributed by atoms with Crippen LogP contribution < -0.4 is 91.1 Å². The molecule has 692 valence electrons. The fourth-order valence-electron chi connectivity index (χ4n) is 20.6. The Morgan fingerprint density at radius 1 is 0.388 bits per heavy atom. The van der Waals surface area contributed by atoms with Crippen molar-refractivity contribution in [1.82, 2.24) is 9.15 Å². The minimum absolute atomic E-state index is 0. The third-order valence-electron chi connectivity index (χ3n) is 28.3. The van der Waals surface area contributed by atoms with E-state index in [-0.39, 0.29) is 39.2 Å². The first-order valence-electron chi connectivity index (χ1n) is 47.6. The largest absolute Gasteiger partial charge is 0.481 e. The van der Waals surface area contributed by atoms with Gasteiger partial charge >= 0.3 is 23.9 Å². The summed E-state index contributed by atoms with van der Waals surface area (Å²) in [6.07, 6.45) is 23.2. The van der Waals surface area contributed by atoms with Crippen LogP contribution in [0.3, 0.4) is 0 Å². The molecule has 0 saturated heterocycles. The summed E-state index contributed by atoms with van der Waals surface area (Å²) >= 11 is 7.00. The molecule has 23 heteroatoms. The Morgan fingerprint density at radius 3 is 1.10 bits per heavy atom. The number of esters is 3. The van der Waals surface area contributed by atoms with Crippen molar-refractivity contribution in [3.8, 4) is 0 Å². The van der Waals surface area contributed by atoms with Crippen LogP contribution in [0.15, 0.2) is 140 Å². The zero-order valence-corrected chi connectivity index (χ0v) is 84.3. The molecule has 1 N–H and O–H groups in total. The van der Waals surface area contributed by atoms with Gasteiger partial charge in [-0.05, 0) is 238 Å². The van der Waals surface area contributed by atoms with Crippen LogP contribution in [-0.2, 0) is 84.8 Å². The number of carbonyl (C=O) groups excluding carboxylic acids is 3. The minimum atomic E-state index is -1.85. The van der Waals surface area contributed by atoms with Crippen molar-refractivity contribution >= 4 is 157 Å². The number of ether oxygens (including phenoxy) is 3. The summed E-state index contributed by atoms with van der Waals surface area (Å²) in [5.74, 6) is -0.883. The molecular formula is C106H146Br2N10O8Si3+2. The van der Waals surface area contributed by atoms with Gasteiger partial charge in [-0.2, -0.15) is 0 Å². The molecule has 10 aliphatic rings. The van der Waals surface area contributed by atoms with E-state index < -0.39 is 30.2 Å². The molecule has 0 radical (unpaired) electrons. The van der Waals surface area contributed by atoms with Crippen LogP contribution in [0.4, 0.5) is 45.5 Å². The number of rotatable bonds is 29. The lowest BCUT2D eigenvalue weighted by atomic mass is 10.1. The summed E-state index contributed by atoms with van der Waals surface area (Å²) in [6.45, 7) is 35.0. The SMILES string of the molecule is C.C.CCOC(=O)CCCCCN1CCc2cc3c(cc21)[Si](C)(C)c1cc2c(cc1=N3)CC[N+]=2C.CCOC(=O)CCCCCN1CCc2ccc(Br)cc21.CCOC(=O)CCCCCN1CCc2ccc([Si](C)(C)c3ccc4c(c3)N(C)CC4)cc21.CN1CCc2ccc(Br)cc21.C[N+]1=c2cc3c(cc2CC1)=Nc1cc2c(cc1[Si]3(C)C)N(CCCCCC(=O)O)CC2. The number of anilines is 6. The number of nitrogens with zero attached hydrogens (tertiary/aromatic N) is 10. The number of carboxylic acid groups (broad SMARTS) is 1. The fourth-order valence-corrected chi connectivity index (χ4v) is 29.2. The molecule has 0 bridgehead atoms. The smallest absolute Gasteiger partial charge is 0.305 e. The van der Waals surface area contributed by atoms with Crippen LogP contribution in [0.5, 0.6) is 0 Å². The number of fused-ring (bicyclic) bond motifs is 12. The van der Waals surface area contributed by atoms with Gasteiger partial charge in [0.25, 0.3) is 0 Å². The van der Waals surface area contributed by atoms with Gasteiger partial charge in [-0.15, -0.1) is 0 Å². The molecule has 10 heterocycles. The van der Waals surface area contributed by atoms with Gasteiger partial charge in [0.2, 0.25) is 10.7 Å². The molecule has 0 atom stereocenters. The molecule has 10 aliphatic heterocycles. The third kappa shape index (κ3) is 23.5. The van der Waals surface area contributed by atoms with Gasteiger partial charge in [-0.1, -0.05) is 158 Å². The number of carboxylic acids is 1. The first-order valence-corrected chi connectivity index (χ1v) is 58.2. The average molecular weight is 1930 g/mol. The van der Waals surface area contributed by atoms with E-state index >= 15 is 0 Å². The Bertz CT molecular complexity index is 5660. The van der Waals surface area contributed by atoms with Crippen molar-refractivity contribution < 1.29 is 38.5 Å². The van der Waals surface area contributed by atoms with Gasteiger partial charge in [0, 0.05) is 184 Å². The second-order valence-corrected chi connectivity index (χ2v) is 52.9. The third-order valence-corrected chi connectivity index (χ3v) is 39.8. The maximum absolute atomic E-state index is 11.6. The highest BCUT2D eigenvalue weighted by molar-refractivity contribution is 9.10. The monoisotopic (exact) mass is 1930 g/mol. The second kappa shape index (κ2) is 44.7. The Hall–Kier alpha value is -8.75. The summed E-state index contributed by atoms with van der Waals surface area (Å²) < 4.78 is 22.1. The lowest BCUT2D eigenvalue weighted by Crippen LogP contribution is -2.62. The van der Waals surface area contributed by atoms with Crippen LogP contribution in [0.2, 0.25) is 39.3 Å². The van der Waals surface area contributed by atoms with Crippen molar-refractivity contribution in [3.63, 3.8) is 0 Å². The number of hydrogen-bond acceptors (Lipinski definition) is 15. The summed E-state index contributed by atoms with van der Waals surface area (Å²) in [6, 6.07) is 46.7. The summed E-state index contributed by atoms with van der Waals surface area (Å²) in [5, 5.41) is 23.0. The molecule has 0 aromatic heterocycles. The molecular weight excluding hydrogens is 1790 g/mol. The Balaban J connectivity index is 0.000000151. The van der Waals surface area contributed by atoms with E-state index in [1.165, 1.54) is 160 Å². The number of carbonyl (C=O) groups is 4. The topological polar surface area (TPSA) is 166 Å². The normalized spacial score (nSPS) is 15.8. The number of benzene rings is 8. The van der Waals surface area contributed by atoms with Crippen LogP contribution >= 0.6 is 31.9 Å². The highest BCUT2D eigenvalue weighted by Gasteiger charge is 2.40. The minimum Gasteiger partial charge on any atom is -0.481 e. The molecule has 18 rings (SSSR count). The van der Waals surface area contributed by atoms with Crippen LogP contribution in [0.25, 0.3) is 0 Å². The maximum atomic E-state index is 11.6.